The Kier molecular flexibility index (Phi) is 6.85. The van der Waals surface area contributed by atoms with Gasteiger partial charge in [0, 0.05) is 10.6 Å². The van der Waals surface area contributed by atoms with E-state index in [-0.39, 0.29) is 22.0 Å². The zero-order chi connectivity index (χ0) is 20.4. The van der Waals surface area contributed by atoms with Crippen molar-refractivity contribution in [3.63, 3.8) is 0 Å². The summed E-state index contributed by atoms with van der Waals surface area (Å²) in [5, 5.41) is -0.304. The van der Waals surface area contributed by atoms with Crippen LogP contribution in [0, 0.1) is 5.82 Å². The predicted molar refractivity (Wildman–Crippen MR) is 116 cm³/mol. The number of halogens is 4. The molecule has 1 heterocycles. The lowest BCUT2D eigenvalue weighted by atomic mass is 10.2. The summed E-state index contributed by atoms with van der Waals surface area (Å²) in [6.07, 6.45) is 1.61. The monoisotopic (exact) mass is 547 g/mol. The number of nitrogens with zero attached hydrogens (tertiary/aromatic N) is 1. The van der Waals surface area contributed by atoms with Crippen molar-refractivity contribution in [1.82, 2.24) is 4.90 Å². The van der Waals surface area contributed by atoms with Crippen LogP contribution in [-0.2, 0) is 11.3 Å². The molecule has 0 bridgehead atoms. The van der Waals surface area contributed by atoms with E-state index in [1.165, 1.54) is 18.2 Å². The lowest BCUT2D eigenvalue weighted by molar-refractivity contribution is -0.123. The van der Waals surface area contributed by atoms with Crippen molar-refractivity contribution in [3.05, 3.63) is 66.1 Å². The Labute approximate surface area is 187 Å². The molecular weight excluding hydrogens is 537 g/mol. The molecule has 0 atom stereocenters. The second-order valence-corrected chi connectivity index (χ2v) is 8.82. The Morgan fingerprint density at radius 1 is 1.25 bits per heavy atom. The second-order valence-electron chi connectivity index (χ2n) is 5.71. The van der Waals surface area contributed by atoms with Gasteiger partial charge in [-0.25, -0.2) is 4.39 Å². The summed E-state index contributed by atoms with van der Waals surface area (Å²) in [5.74, 6) is -0.396. The van der Waals surface area contributed by atoms with Crippen LogP contribution in [0.5, 0.6) is 5.75 Å². The van der Waals surface area contributed by atoms with Gasteiger partial charge in [-0.15, -0.1) is 0 Å². The van der Waals surface area contributed by atoms with Gasteiger partial charge >= 0.3 is 0 Å². The summed E-state index contributed by atoms with van der Waals surface area (Å²) in [6.45, 7) is 2.17. The van der Waals surface area contributed by atoms with E-state index in [1.54, 1.807) is 18.2 Å². The van der Waals surface area contributed by atoms with Crippen LogP contribution >= 0.6 is 55.2 Å². The lowest BCUT2D eigenvalue weighted by Gasteiger charge is -2.14. The Hall–Kier alpha value is -1.35. The predicted octanol–water partition coefficient (Wildman–Crippen LogP) is 6.64. The van der Waals surface area contributed by atoms with Gasteiger partial charge in [0.15, 0.2) is 0 Å². The Balaban J connectivity index is 1.87. The highest BCUT2D eigenvalue weighted by Gasteiger charge is 2.36. The smallest absolute Gasteiger partial charge is 0.293 e. The first-order valence-corrected chi connectivity index (χ1v) is 10.9. The van der Waals surface area contributed by atoms with Crippen LogP contribution < -0.4 is 4.74 Å². The van der Waals surface area contributed by atoms with Crippen LogP contribution in [0.4, 0.5) is 9.18 Å². The summed E-state index contributed by atoms with van der Waals surface area (Å²) in [7, 11) is 0. The van der Waals surface area contributed by atoms with E-state index in [4.69, 9.17) is 16.3 Å². The van der Waals surface area contributed by atoms with E-state index >= 15 is 0 Å². The topological polar surface area (TPSA) is 46.6 Å². The van der Waals surface area contributed by atoms with E-state index in [0.717, 1.165) is 16.7 Å². The number of hydrogen-bond donors (Lipinski definition) is 0. The van der Waals surface area contributed by atoms with Gasteiger partial charge in [-0.1, -0.05) is 17.7 Å². The zero-order valence-electron chi connectivity index (χ0n) is 14.5. The Bertz CT molecular complexity index is 956. The summed E-state index contributed by atoms with van der Waals surface area (Å²) in [6, 6.07) is 7.81. The third-order valence-corrected chi connectivity index (χ3v) is 6.30. The highest BCUT2D eigenvalue weighted by Crippen LogP contribution is 2.38. The minimum Gasteiger partial charge on any atom is -0.492 e. The zero-order valence-corrected chi connectivity index (χ0v) is 19.2. The number of rotatable bonds is 5. The Morgan fingerprint density at radius 3 is 2.54 bits per heavy atom. The molecule has 1 saturated heterocycles. The maximum Gasteiger partial charge on any atom is 0.293 e. The van der Waals surface area contributed by atoms with Crippen LogP contribution in [0.15, 0.2) is 44.2 Å². The Morgan fingerprint density at radius 2 is 1.93 bits per heavy atom. The third-order valence-electron chi connectivity index (χ3n) is 3.86. The largest absolute Gasteiger partial charge is 0.492 e. The molecule has 2 amide bonds. The number of carbonyl (C=O) groups excluding carboxylic acids is 2. The van der Waals surface area contributed by atoms with Gasteiger partial charge in [0.2, 0.25) is 0 Å². The number of carbonyl (C=O) groups is 2. The van der Waals surface area contributed by atoms with Crippen molar-refractivity contribution < 1.29 is 18.7 Å². The number of thioether (sulfide) groups is 1. The molecule has 9 heteroatoms. The van der Waals surface area contributed by atoms with Crippen LogP contribution in [-0.4, -0.2) is 22.7 Å². The molecule has 1 fully saturated rings. The molecule has 2 aromatic carbocycles. The van der Waals surface area contributed by atoms with Crippen molar-refractivity contribution in [2.45, 2.75) is 13.5 Å². The molecule has 146 valence electrons. The average molecular weight is 550 g/mol. The normalized spacial score (nSPS) is 15.6. The average Bonchev–Trinajstić information content (AvgIpc) is 2.88. The molecule has 1 aliphatic heterocycles. The fourth-order valence-corrected chi connectivity index (χ4v) is 5.09. The van der Waals surface area contributed by atoms with Crippen molar-refractivity contribution in [2.24, 2.45) is 0 Å². The molecule has 0 N–H and O–H groups in total. The number of imide groups is 1. The van der Waals surface area contributed by atoms with Gasteiger partial charge < -0.3 is 4.74 Å². The molecular formula is C19H13Br2ClFNO3S. The molecule has 4 nitrogen and oxygen atoms in total. The molecule has 2 aromatic rings. The van der Waals surface area contributed by atoms with Crippen LogP contribution in [0.3, 0.4) is 0 Å². The molecule has 3 rings (SSSR count). The highest BCUT2D eigenvalue weighted by molar-refractivity contribution is 9.11. The van der Waals surface area contributed by atoms with Crippen molar-refractivity contribution in [1.29, 1.82) is 0 Å². The van der Waals surface area contributed by atoms with Gasteiger partial charge in [-0.05, 0) is 86.5 Å². The molecule has 1 aliphatic rings. The second kappa shape index (κ2) is 8.98. The van der Waals surface area contributed by atoms with Crippen molar-refractivity contribution in [2.75, 3.05) is 6.61 Å². The standard InChI is InChI=1S/C19H13Br2ClFNO3S/c1-2-27-17-12(20)6-10(7-13(17)21)8-16-18(25)24(19(26)28-16)9-11-14(22)4-3-5-15(11)23/h3-8H,2,9H2,1H3/b16-8-. The minimum absolute atomic E-state index is 0.110. The third kappa shape index (κ3) is 4.45. The van der Waals surface area contributed by atoms with Crippen LogP contribution in [0.25, 0.3) is 6.08 Å². The van der Waals surface area contributed by atoms with E-state index in [2.05, 4.69) is 31.9 Å². The number of ether oxygens (including phenoxy) is 1. The maximum atomic E-state index is 14.0. The van der Waals surface area contributed by atoms with E-state index < -0.39 is 17.0 Å². The summed E-state index contributed by atoms with van der Waals surface area (Å²) >= 11 is 13.7. The quantitative estimate of drug-likeness (QED) is 0.393. The minimum atomic E-state index is -0.560. The van der Waals surface area contributed by atoms with Gasteiger partial charge in [0.25, 0.3) is 11.1 Å². The summed E-state index contributed by atoms with van der Waals surface area (Å²) < 4.78 is 21.0. The van der Waals surface area contributed by atoms with Crippen molar-refractivity contribution in [3.8, 4) is 5.75 Å². The van der Waals surface area contributed by atoms with Crippen molar-refractivity contribution >= 4 is 72.4 Å². The summed E-state index contributed by atoms with van der Waals surface area (Å²) in [4.78, 5) is 26.2. The SMILES string of the molecule is CCOc1c(Br)cc(/C=C2\SC(=O)N(Cc3c(F)cccc3Cl)C2=O)cc1Br. The molecule has 0 radical (unpaired) electrons. The van der Waals surface area contributed by atoms with Gasteiger partial charge in [0.05, 0.1) is 27.0 Å². The van der Waals surface area contributed by atoms with Gasteiger partial charge in [-0.3, -0.25) is 14.5 Å². The maximum absolute atomic E-state index is 14.0. The van der Waals surface area contributed by atoms with Gasteiger partial charge in [-0.2, -0.15) is 0 Å². The first-order valence-electron chi connectivity index (χ1n) is 8.12. The first-order chi connectivity index (χ1) is 13.3. The fraction of sp³-hybridized carbons (Fsp3) is 0.158. The van der Waals surface area contributed by atoms with Crippen LogP contribution in [0.2, 0.25) is 5.02 Å². The molecule has 0 unspecified atom stereocenters. The number of amides is 2. The highest BCUT2D eigenvalue weighted by atomic mass is 79.9. The number of benzene rings is 2. The summed E-state index contributed by atoms with van der Waals surface area (Å²) in [5.41, 5.74) is 0.816. The van der Waals surface area contributed by atoms with E-state index in [1.807, 2.05) is 6.92 Å². The number of hydrogen-bond acceptors (Lipinski definition) is 4. The fourth-order valence-electron chi connectivity index (χ4n) is 2.57. The first kappa shape index (κ1) is 21.4. The molecule has 0 aromatic heterocycles. The molecule has 0 spiro atoms. The van der Waals surface area contributed by atoms with Gasteiger partial charge in [0.1, 0.15) is 11.6 Å². The van der Waals surface area contributed by atoms with E-state index in [0.29, 0.717) is 26.9 Å². The lowest BCUT2D eigenvalue weighted by Crippen LogP contribution is -2.28. The molecule has 28 heavy (non-hydrogen) atoms. The molecule has 0 saturated carbocycles. The molecule has 0 aliphatic carbocycles. The van der Waals surface area contributed by atoms with Crippen LogP contribution in [0.1, 0.15) is 18.1 Å². The van der Waals surface area contributed by atoms with E-state index in [9.17, 15) is 14.0 Å².